The smallest absolute Gasteiger partial charge is 0.217 e. The highest BCUT2D eigenvalue weighted by atomic mass is 16.5. The molecule has 2 aromatic rings. The topological polar surface area (TPSA) is 71.5 Å². The molecule has 8 heteroatoms. The zero-order chi connectivity index (χ0) is 20.4. The molecule has 2 aliphatic rings. The minimum Gasteiger partial charge on any atom is -0.476 e. The summed E-state index contributed by atoms with van der Waals surface area (Å²) < 4.78 is 16.9. The quantitative estimate of drug-likeness (QED) is 0.527. The molecule has 4 rings (SSSR count). The lowest BCUT2D eigenvalue weighted by Crippen LogP contribution is -2.38. The largest absolute Gasteiger partial charge is 0.476 e. The molecule has 0 atom stereocenters. The molecular weight excluding hydrogens is 382 g/mol. The van der Waals surface area contributed by atoms with Crippen molar-refractivity contribution in [2.75, 3.05) is 76.1 Å². The predicted molar refractivity (Wildman–Crippen MR) is 118 cm³/mol. The van der Waals surface area contributed by atoms with Gasteiger partial charge in [0.25, 0.3) is 0 Å². The minimum absolute atomic E-state index is 0.590. The van der Waals surface area contributed by atoms with Gasteiger partial charge in [0.1, 0.15) is 6.61 Å². The predicted octanol–water partition coefficient (Wildman–Crippen LogP) is 2.08. The summed E-state index contributed by atoms with van der Waals surface area (Å²) in [5.41, 5.74) is 5.13. The van der Waals surface area contributed by atoms with E-state index in [1.54, 1.807) is 6.21 Å². The van der Waals surface area contributed by atoms with Crippen LogP contribution in [-0.4, -0.2) is 81.9 Å². The Hall–Kier alpha value is -2.68. The minimum atomic E-state index is 0.590. The van der Waals surface area contributed by atoms with E-state index in [4.69, 9.17) is 14.2 Å². The molecule has 2 fully saturated rings. The number of hydrogen-bond acceptors (Lipinski definition) is 8. The normalized spacial score (nSPS) is 17.9. The van der Waals surface area contributed by atoms with E-state index in [0.29, 0.717) is 18.3 Å². The molecule has 1 aromatic heterocycles. The van der Waals surface area contributed by atoms with E-state index in [1.165, 1.54) is 0 Å². The molecule has 0 unspecified atom stereocenters. The first-order valence-corrected chi connectivity index (χ1v) is 10.5. The van der Waals surface area contributed by atoms with Crippen molar-refractivity contribution in [3.05, 3.63) is 48.0 Å². The molecule has 1 aromatic carbocycles. The van der Waals surface area contributed by atoms with Gasteiger partial charge in [-0.2, -0.15) is 10.1 Å². The van der Waals surface area contributed by atoms with Crippen LogP contribution in [0.4, 0.5) is 11.5 Å². The summed E-state index contributed by atoms with van der Waals surface area (Å²) in [5.74, 6) is 1.26. The average molecular weight is 412 g/mol. The van der Waals surface area contributed by atoms with Crippen LogP contribution < -0.4 is 15.1 Å². The number of ether oxygens (including phenoxy) is 3. The van der Waals surface area contributed by atoms with Gasteiger partial charge in [0.2, 0.25) is 5.88 Å². The Kier molecular flexibility index (Phi) is 7.49. The number of morpholine rings is 2. The standard InChI is InChI=1S/C22H29N5O3/c1-2-4-19(5-3-1)18-23-25-21-16-20(27-9-13-29-14-10-27)17-22(24-21)30-15-8-26-6-11-28-12-7-26/h1-5,16-18H,6-15H2,(H,24,25)/b23-18+. The number of rotatable bonds is 8. The molecule has 0 radical (unpaired) electrons. The van der Waals surface area contributed by atoms with Crippen LogP contribution in [0.15, 0.2) is 47.6 Å². The van der Waals surface area contributed by atoms with Crippen molar-refractivity contribution in [2.45, 2.75) is 0 Å². The fourth-order valence-electron chi connectivity index (χ4n) is 3.44. The number of aromatic nitrogens is 1. The third kappa shape index (κ3) is 6.16. The van der Waals surface area contributed by atoms with Crippen LogP contribution in [0.2, 0.25) is 0 Å². The summed E-state index contributed by atoms with van der Waals surface area (Å²) >= 11 is 0. The fourth-order valence-corrected chi connectivity index (χ4v) is 3.44. The maximum atomic E-state index is 6.00. The van der Waals surface area contributed by atoms with Gasteiger partial charge in [-0.1, -0.05) is 30.3 Å². The maximum Gasteiger partial charge on any atom is 0.217 e. The molecule has 0 spiro atoms. The van der Waals surface area contributed by atoms with E-state index in [9.17, 15) is 0 Å². The maximum absolute atomic E-state index is 6.00. The number of nitrogens with one attached hydrogen (secondary N) is 1. The zero-order valence-electron chi connectivity index (χ0n) is 17.2. The van der Waals surface area contributed by atoms with Crippen LogP contribution in [0.25, 0.3) is 0 Å². The van der Waals surface area contributed by atoms with Gasteiger partial charge in [-0.05, 0) is 5.56 Å². The monoisotopic (exact) mass is 411 g/mol. The summed E-state index contributed by atoms with van der Waals surface area (Å²) in [5, 5.41) is 4.33. The van der Waals surface area contributed by atoms with Crippen molar-refractivity contribution in [1.29, 1.82) is 0 Å². The molecule has 0 saturated carbocycles. The number of nitrogens with zero attached hydrogens (tertiary/aromatic N) is 4. The molecular formula is C22H29N5O3. The van der Waals surface area contributed by atoms with Crippen molar-refractivity contribution >= 4 is 17.7 Å². The van der Waals surface area contributed by atoms with Gasteiger partial charge in [0.15, 0.2) is 5.82 Å². The third-order valence-electron chi connectivity index (χ3n) is 5.12. The highest BCUT2D eigenvalue weighted by molar-refractivity contribution is 5.80. The highest BCUT2D eigenvalue weighted by Gasteiger charge is 2.15. The lowest BCUT2D eigenvalue weighted by atomic mass is 10.2. The summed E-state index contributed by atoms with van der Waals surface area (Å²) in [7, 11) is 0. The highest BCUT2D eigenvalue weighted by Crippen LogP contribution is 2.25. The SMILES string of the molecule is C(=N\Nc1cc(N2CCOCC2)cc(OCCN2CCOCC2)n1)/c1ccccc1. The van der Waals surface area contributed by atoms with Crippen LogP contribution in [0, 0.1) is 0 Å². The van der Waals surface area contributed by atoms with Crippen LogP contribution in [0.1, 0.15) is 5.56 Å². The first-order chi connectivity index (χ1) is 14.9. The Morgan fingerprint density at radius 1 is 1.00 bits per heavy atom. The molecule has 3 heterocycles. The third-order valence-corrected chi connectivity index (χ3v) is 5.12. The molecule has 0 bridgehead atoms. The van der Waals surface area contributed by atoms with Crippen molar-refractivity contribution in [2.24, 2.45) is 5.10 Å². The van der Waals surface area contributed by atoms with Gasteiger partial charge in [0.05, 0.1) is 32.6 Å². The van der Waals surface area contributed by atoms with Gasteiger partial charge < -0.3 is 19.1 Å². The summed E-state index contributed by atoms with van der Waals surface area (Å²) in [6, 6.07) is 14.0. The van der Waals surface area contributed by atoms with Crippen LogP contribution >= 0.6 is 0 Å². The van der Waals surface area contributed by atoms with Crippen LogP contribution in [-0.2, 0) is 9.47 Å². The fraction of sp³-hybridized carbons (Fsp3) is 0.455. The van der Waals surface area contributed by atoms with Crippen molar-refractivity contribution < 1.29 is 14.2 Å². The molecule has 2 saturated heterocycles. The Labute approximate surface area is 177 Å². The number of pyridine rings is 1. The Morgan fingerprint density at radius 3 is 2.50 bits per heavy atom. The Bertz CT molecular complexity index is 806. The average Bonchev–Trinajstić information content (AvgIpc) is 2.81. The number of anilines is 2. The van der Waals surface area contributed by atoms with Gasteiger partial charge in [-0.25, -0.2) is 0 Å². The van der Waals surface area contributed by atoms with E-state index >= 15 is 0 Å². The zero-order valence-corrected chi connectivity index (χ0v) is 17.2. The second-order valence-electron chi connectivity index (χ2n) is 7.23. The second kappa shape index (κ2) is 10.9. The molecule has 160 valence electrons. The van der Waals surface area contributed by atoms with Crippen LogP contribution in [0.5, 0.6) is 5.88 Å². The number of benzene rings is 1. The van der Waals surface area contributed by atoms with Gasteiger partial charge in [0, 0.05) is 50.5 Å². The summed E-state index contributed by atoms with van der Waals surface area (Å²) in [6.45, 7) is 8.09. The van der Waals surface area contributed by atoms with Crippen LogP contribution in [0.3, 0.4) is 0 Å². The van der Waals surface area contributed by atoms with E-state index in [1.807, 2.05) is 42.5 Å². The Morgan fingerprint density at radius 2 is 1.73 bits per heavy atom. The molecule has 0 amide bonds. The molecule has 1 N–H and O–H groups in total. The van der Waals surface area contributed by atoms with E-state index in [-0.39, 0.29) is 0 Å². The number of hydrogen-bond donors (Lipinski definition) is 1. The summed E-state index contributed by atoms with van der Waals surface area (Å²) in [6.07, 6.45) is 1.78. The lowest BCUT2D eigenvalue weighted by Gasteiger charge is -2.29. The molecule has 2 aliphatic heterocycles. The van der Waals surface area contributed by atoms with Crippen molar-refractivity contribution in [3.63, 3.8) is 0 Å². The Balaban J connectivity index is 1.42. The van der Waals surface area contributed by atoms with E-state index < -0.39 is 0 Å². The molecule has 30 heavy (non-hydrogen) atoms. The van der Waals surface area contributed by atoms with E-state index in [2.05, 4.69) is 25.3 Å². The summed E-state index contributed by atoms with van der Waals surface area (Å²) in [4.78, 5) is 9.22. The lowest BCUT2D eigenvalue weighted by molar-refractivity contribution is 0.0320. The second-order valence-corrected chi connectivity index (χ2v) is 7.23. The first-order valence-electron chi connectivity index (χ1n) is 10.5. The number of hydrazone groups is 1. The van der Waals surface area contributed by atoms with Gasteiger partial charge in [-0.15, -0.1) is 0 Å². The van der Waals surface area contributed by atoms with Crippen molar-refractivity contribution in [1.82, 2.24) is 9.88 Å². The van der Waals surface area contributed by atoms with Crippen molar-refractivity contribution in [3.8, 4) is 5.88 Å². The molecule has 8 nitrogen and oxygen atoms in total. The van der Waals surface area contributed by atoms with Gasteiger partial charge >= 0.3 is 0 Å². The first kappa shape index (κ1) is 20.6. The molecule has 0 aliphatic carbocycles. The van der Waals surface area contributed by atoms with Gasteiger partial charge in [-0.3, -0.25) is 10.3 Å². The van der Waals surface area contributed by atoms with E-state index in [0.717, 1.165) is 70.4 Å².